The molecule has 0 aromatic heterocycles. The van der Waals surface area contributed by atoms with E-state index in [1.165, 1.54) is 31.2 Å². The van der Waals surface area contributed by atoms with Gasteiger partial charge in [0, 0.05) is 19.4 Å². The van der Waals surface area contributed by atoms with Gasteiger partial charge in [-0.05, 0) is 93.4 Å². The van der Waals surface area contributed by atoms with Gasteiger partial charge in [-0.15, -0.1) is 0 Å². The smallest absolute Gasteiger partial charge is 0.328 e. The Kier molecular flexibility index (Phi) is 35.0. The second-order valence-electron chi connectivity index (χ2n) is 25.1. The number of guanidine groups is 1. The van der Waals surface area contributed by atoms with Crippen LogP contribution in [0.3, 0.4) is 0 Å². The molecule has 0 radical (unpaired) electrons. The van der Waals surface area contributed by atoms with Crippen LogP contribution in [0.15, 0.2) is 54.6 Å². The molecular formula is C63H99N15O18. The van der Waals surface area contributed by atoms with E-state index in [-0.39, 0.29) is 68.6 Å². The number of amides is 11. The first-order valence-corrected chi connectivity index (χ1v) is 31.6. The van der Waals surface area contributed by atoms with Crippen molar-refractivity contribution in [1.82, 2.24) is 63.8 Å². The quantitative estimate of drug-likeness (QED) is 0.0174. The minimum atomic E-state index is -1.87. The SMILES string of the molecule is CC(C)C[C@H](NC(=O)[C@H](C)NC(=O)[C@@H](N)C(C)C)C(=O)N[C@H](C(=O)N[C@@H](CC(=O)O)C(=O)NCC(=O)N[C@@H](Cc1ccc(O)cc1)C(=O)N[C@@H](Cc1ccccc1)C(=O)N[C@@H](CCCNC(=N)N)C(=O)N[C@@H](CC(C)C)C(=O)N[C@H](C(=O)N[C@H](C(=O)O)[C@@H](C)O)[C@@H](C)O)C(C)C. The van der Waals surface area contributed by atoms with Crippen LogP contribution in [-0.4, -0.2) is 200 Å². The molecule has 22 N–H and O–H groups in total. The maximum Gasteiger partial charge on any atom is 0.328 e. The van der Waals surface area contributed by atoms with Crippen LogP contribution in [0, 0.1) is 29.1 Å². The van der Waals surface area contributed by atoms with Crippen molar-refractivity contribution in [2.45, 2.75) is 200 Å². The zero-order valence-electron chi connectivity index (χ0n) is 56.1. The van der Waals surface area contributed by atoms with Crippen molar-refractivity contribution in [2.75, 3.05) is 13.1 Å². The Hall–Kier alpha value is -9.50. The number of phenolic OH excluding ortho intramolecular Hbond substituents is 1. The molecule has 96 heavy (non-hydrogen) atoms. The summed E-state index contributed by atoms with van der Waals surface area (Å²) in [5.41, 5.74) is 12.3. The third-order valence-corrected chi connectivity index (χ3v) is 14.8. The monoisotopic (exact) mass is 1350 g/mol. The molecule has 0 aliphatic carbocycles. The molecule has 0 heterocycles. The number of carboxylic acids is 2. The molecule has 0 aliphatic heterocycles. The molecule has 33 heteroatoms. The number of carbonyl (C=O) groups excluding carboxylic acids is 11. The summed E-state index contributed by atoms with van der Waals surface area (Å²) in [5.74, 6) is -15.7. The van der Waals surface area contributed by atoms with Crippen LogP contribution in [0.25, 0.3) is 0 Å². The number of carboxylic acid groups (broad SMARTS) is 2. The van der Waals surface area contributed by atoms with E-state index in [4.69, 9.17) is 16.9 Å². The largest absolute Gasteiger partial charge is 0.508 e. The minimum Gasteiger partial charge on any atom is -0.508 e. The van der Waals surface area contributed by atoms with E-state index in [1.54, 1.807) is 85.7 Å². The molecule has 13 atom stereocenters. The molecule has 2 aromatic rings. The minimum absolute atomic E-state index is 0.0131. The molecule has 534 valence electrons. The zero-order valence-corrected chi connectivity index (χ0v) is 56.1. The number of carbonyl (C=O) groups is 13. The predicted molar refractivity (Wildman–Crippen MR) is 349 cm³/mol. The molecule has 33 nitrogen and oxygen atoms in total. The van der Waals surface area contributed by atoms with E-state index in [9.17, 15) is 87.9 Å². The van der Waals surface area contributed by atoms with E-state index < -0.39 is 180 Å². The van der Waals surface area contributed by atoms with Crippen LogP contribution < -0.4 is 75.3 Å². The summed E-state index contributed by atoms with van der Waals surface area (Å²) in [5, 5.41) is 87.1. The van der Waals surface area contributed by atoms with Crippen LogP contribution in [0.5, 0.6) is 5.75 Å². The van der Waals surface area contributed by atoms with Crippen molar-refractivity contribution >= 4 is 82.9 Å². The highest BCUT2D eigenvalue weighted by atomic mass is 16.4. The molecule has 0 spiro atoms. The zero-order chi connectivity index (χ0) is 72.8. The third kappa shape index (κ3) is 29.8. The first-order chi connectivity index (χ1) is 44.8. The average Bonchev–Trinajstić information content (AvgIpc) is 0.888. The lowest BCUT2D eigenvalue weighted by Crippen LogP contribution is -2.62. The topological polar surface area (TPSA) is 543 Å². The Balaban J connectivity index is 2.51. The highest BCUT2D eigenvalue weighted by Crippen LogP contribution is 2.15. The van der Waals surface area contributed by atoms with E-state index in [1.807, 2.05) is 0 Å². The number of phenols is 1. The molecule has 0 saturated carbocycles. The Morgan fingerprint density at radius 3 is 1.38 bits per heavy atom. The summed E-state index contributed by atoms with van der Waals surface area (Å²) >= 11 is 0. The number of hydrogen-bond donors (Lipinski definition) is 20. The number of aromatic hydroxyl groups is 1. The van der Waals surface area contributed by atoms with Gasteiger partial charge in [-0.3, -0.25) is 62.9 Å². The molecular weight excluding hydrogens is 1250 g/mol. The number of aliphatic hydroxyl groups is 2. The molecule has 0 aliphatic rings. The summed E-state index contributed by atoms with van der Waals surface area (Å²) in [6, 6.07) is -2.62. The Morgan fingerprint density at radius 1 is 0.458 bits per heavy atom. The lowest BCUT2D eigenvalue weighted by atomic mass is 9.99. The fourth-order valence-electron chi connectivity index (χ4n) is 9.39. The maximum atomic E-state index is 14.7. The van der Waals surface area contributed by atoms with Crippen molar-refractivity contribution in [1.29, 1.82) is 5.41 Å². The predicted octanol–water partition coefficient (Wildman–Crippen LogP) is -3.52. The van der Waals surface area contributed by atoms with Gasteiger partial charge < -0.3 is 101 Å². The number of hydrogen-bond acceptors (Lipinski definition) is 18. The van der Waals surface area contributed by atoms with Gasteiger partial charge in [0.15, 0.2) is 12.0 Å². The van der Waals surface area contributed by atoms with E-state index >= 15 is 0 Å². The molecule has 11 amide bonds. The highest BCUT2D eigenvalue weighted by Gasteiger charge is 2.38. The Labute approximate surface area is 557 Å². The molecule has 2 rings (SSSR count). The second kappa shape index (κ2) is 40.7. The van der Waals surface area contributed by atoms with Crippen molar-refractivity contribution in [3.63, 3.8) is 0 Å². The van der Waals surface area contributed by atoms with Gasteiger partial charge in [0.25, 0.3) is 0 Å². The van der Waals surface area contributed by atoms with E-state index in [0.717, 1.165) is 13.8 Å². The molecule has 0 saturated heterocycles. The average molecular weight is 1350 g/mol. The number of aliphatic hydroxyl groups excluding tert-OH is 2. The summed E-state index contributed by atoms with van der Waals surface area (Å²) in [7, 11) is 0. The summed E-state index contributed by atoms with van der Waals surface area (Å²) in [4.78, 5) is 176. The standard InChI is InChI=1S/C63H99N15O18/c1-30(2)24-41(72-52(85)34(9)69-59(92)48(64)32(5)6)57(90)76-49(33(7)8)60(93)75-45(28-47(83)84)53(86)68-29-46(82)70-43(27-38-19-21-39(81)22-20-38)55(88)74-44(26-37-16-13-12-14-17-37)56(89)71-40(18-15-23-67-63(65)66)54(87)73-42(25-31(3)4)58(91)77-50(35(10)79)61(94)78-51(36(11)80)62(95)96/h12-14,16-17,19-22,30-36,40-45,48-51,79-81H,15,18,23-29,64H2,1-11H3,(H,68,86)(H,69,92)(H,70,82)(H,71,89)(H,72,85)(H,73,87)(H,74,88)(H,75,93)(H,76,90)(H,77,91)(H,78,94)(H,83,84)(H,95,96)(H4,65,66,67)/t34-,35+,36+,40-,41-,42-,43-,44-,45-,48-,49-,50-,51-/m0/s1. The van der Waals surface area contributed by atoms with Crippen molar-refractivity contribution in [2.24, 2.45) is 35.1 Å². The van der Waals surface area contributed by atoms with Crippen LogP contribution in [0.4, 0.5) is 0 Å². The highest BCUT2D eigenvalue weighted by molar-refractivity contribution is 5.99. The lowest BCUT2D eigenvalue weighted by Gasteiger charge is -2.29. The fraction of sp³-hybridized carbons (Fsp3) is 0.587. The van der Waals surface area contributed by atoms with Crippen LogP contribution in [0.1, 0.15) is 119 Å². The molecule has 2 aromatic carbocycles. The second-order valence-corrected chi connectivity index (χ2v) is 25.1. The molecule has 0 unspecified atom stereocenters. The van der Waals surface area contributed by atoms with Gasteiger partial charge in [0.1, 0.15) is 60.1 Å². The Morgan fingerprint density at radius 2 is 0.896 bits per heavy atom. The van der Waals surface area contributed by atoms with E-state index in [2.05, 4.69) is 63.8 Å². The van der Waals surface area contributed by atoms with Gasteiger partial charge in [0.2, 0.25) is 65.0 Å². The third-order valence-electron chi connectivity index (χ3n) is 14.8. The van der Waals surface area contributed by atoms with Crippen LogP contribution in [-0.2, 0) is 75.2 Å². The van der Waals surface area contributed by atoms with Crippen LogP contribution >= 0.6 is 0 Å². The van der Waals surface area contributed by atoms with Crippen molar-refractivity contribution in [3.8, 4) is 5.75 Å². The first-order valence-electron chi connectivity index (χ1n) is 31.6. The van der Waals surface area contributed by atoms with Gasteiger partial charge in [0.05, 0.1) is 31.2 Å². The van der Waals surface area contributed by atoms with Crippen LogP contribution in [0.2, 0.25) is 0 Å². The normalized spacial score (nSPS) is 15.3. The lowest BCUT2D eigenvalue weighted by molar-refractivity contribution is -0.146. The number of rotatable bonds is 41. The van der Waals surface area contributed by atoms with Gasteiger partial charge >= 0.3 is 11.9 Å². The first kappa shape index (κ1) is 82.6. The van der Waals surface area contributed by atoms with E-state index in [0.29, 0.717) is 11.1 Å². The fourth-order valence-corrected chi connectivity index (χ4v) is 9.39. The van der Waals surface area contributed by atoms with Crippen molar-refractivity contribution in [3.05, 3.63) is 65.7 Å². The molecule has 0 fully saturated rings. The van der Waals surface area contributed by atoms with Gasteiger partial charge in [-0.2, -0.15) is 0 Å². The Bertz CT molecular complexity index is 2990. The number of nitrogens with one attached hydrogen (secondary N) is 13. The summed E-state index contributed by atoms with van der Waals surface area (Å²) < 4.78 is 0. The summed E-state index contributed by atoms with van der Waals surface area (Å²) in [6.07, 6.45) is -4.94. The molecule has 0 bridgehead atoms. The number of aliphatic carboxylic acids is 2. The maximum absolute atomic E-state index is 14.7. The number of nitrogens with two attached hydrogens (primary N) is 2. The van der Waals surface area contributed by atoms with Crippen molar-refractivity contribution < 1.29 is 87.9 Å². The number of benzene rings is 2. The summed E-state index contributed by atoms with van der Waals surface area (Å²) in [6.45, 7) is 16.2. The van der Waals surface area contributed by atoms with Gasteiger partial charge in [-0.1, -0.05) is 97.9 Å². The van der Waals surface area contributed by atoms with Gasteiger partial charge in [-0.25, -0.2) is 4.79 Å².